The smallest absolute Gasteiger partial charge is 0.264 e. The number of aryl methyl sites for hydroxylation is 1. The number of nitrogens with zero attached hydrogens (tertiary/aromatic N) is 1. The molecule has 0 saturated carbocycles. The lowest BCUT2D eigenvalue weighted by Gasteiger charge is -2.20. The SMILES string of the molecule is Cc1ccc(N(C)S(=O)(=O)c2ccc(C(C)N)cc2)cc1. The van der Waals surface area contributed by atoms with Gasteiger partial charge < -0.3 is 5.73 Å². The second-order valence-corrected chi connectivity index (χ2v) is 7.14. The molecule has 0 fully saturated rings. The van der Waals surface area contributed by atoms with Gasteiger partial charge in [-0.15, -0.1) is 0 Å². The molecule has 2 aromatic carbocycles. The summed E-state index contributed by atoms with van der Waals surface area (Å²) < 4.78 is 26.5. The summed E-state index contributed by atoms with van der Waals surface area (Å²) in [5.74, 6) is 0. The van der Waals surface area contributed by atoms with Gasteiger partial charge in [0.15, 0.2) is 0 Å². The second-order valence-electron chi connectivity index (χ2n) is 5.17. The minimum absolute atomic E-state index is 0.114. The van der Waals surface area contributed by atoms with Gasteiger partial charge in [0.1, 0.15) is 0 Å². The van der Waals surface area contributed by atoms with Crippen LogP contribution in [0.2, 0.25) is 0 Å². The molecule has 0 amide bonds. The van der Waals surface area contributed by atoms with Gasteiger partial charge >= 0.3 is 0 Å². The summed E-state index contributed by atoms with van der Waals surface area (Å²) in [5, 5.41) is 0. The highest BCUT2D eigenvalue weighted by Gasteiger charge is 2.21. The Kier molecular flexibility index (Phi) is 4.34. The molecule has 21 heavy (non-hydrogen) atoms. The maximum Gasteiger partial charge on any atom is 0.264 e. The molecule has 0 bridgehead atoms. The van der Waals surface area contributed by atoms with Crippen LogP contribution in [0.15, 0.2) is 53.4 Å². The van der Waals surface area contributed by atoms with Crippen LogP contribution in [0.25, 0.3) is 0 Å². The van der Waals surface area contributed by atoms with E-state index in [1.54, 1.807) is 43.4 Å². The van der Waals surface area contributed by atoms with E-state index in [-0.39, 0.29) is 10.9 Å². The van der Waals surface area contributed by atoms with Crippen LogP contribution in [0.4, 0.5) is 5.69 Å². The van der Waals surface area contributed by atoms with Crippen LogP contribution in [0.5, 0.6) is 0 Å². The molecule has 0 aromatic heterocycles. The lowest BCUT2D eigenvalue weighted by molar-refractivity contribution is 0.594. The zero-order chi connectivity index (χ0) is 15.6. The molecule has 0 radical (unpaired) electrons. The average molecular weight is 304 g/mol. The van der Waals surface area contributed by atoms with Crippen LogP contribution in [0, 0.1) is 6.92 Å². The number of anilines is 1. The highest BCUT2D eigenvalue weighted by atomic mass is 32.2. The van der Waals surface area contributed by atoms with E-state index in [2.05, 4.69) is 0 Å². The molecule has 112 valence electrons. The van der Waals surface area contributed by atoms with Crippen molar-refractivity contribution in [3.63, 3.8) is 0 Å². The molecule has 1 unspecified atom stereocenters. The molecule has 0 saturated heterocycles. The summed E-state index contributed by atoms with van der Waals surface area (Å²) >= 11 is 0. The summed E-state index contributed by atoms with van der Waals surface area (Å²) in [6, 6.07) is 13.9. The van der Waals surface area contributed by atoms with Crippen LogP contribution in [0.1, 0.15) is 24.1 Å². The van der Waals surface area contributed by atoms with Crippen molar-refractivity contribution >= 4 is 15.7 Å². The Morgan fingerprint density at radius 2 is 1.52 bits per heavy atom. The van der Waals surface area contributed by atoms with Gasteiger partial charge in [0.25, 0.3) is 10.0 Å². The summed E-state index contributed by atoms with van der Waals surface area (Å²) in [5.41, 5.74) is 8.41. The summed E-state index contributed by atoms with van der Waals surface area (Å²) in [6.07, 6.45) is 0. The number of nitrogens with two attached hydrogens (primary N) is 1. The van der Waals surface area contributed by atoms with E-state index in [1.165, 1.54) is 4.31 Å². The fourth-order valence-electron chi connectivity index (χ4n) is 1.99. The summed E-state index contributed by atoms with van der Waals surface area (Å²) in [4.78, 5) is 0.259. The molecule has 0 aliphatic carbocycles. The number of hydrogen-bond donors (Lipinski definition) is 1. The normalized spacial score (nSPS) is 13.0. The fourth-order valence-corrected chi connectivity index (χ4v) is 3.19. The van der Waals surface area contributed by atoms with Gasteiger partial charge in [-0.2, -0.15) is 0 Å². The van der Waals surface area contributed by atoms with E-state index in [9.17, 15) is 8.42 Å². The van der Waals surface area contributed by atoms with Gasteiger partial charge in [-0.05, 0) is 43.7 Å². The highest BCUT2D eigenvalue weighted by Crippen LogP contribution is 2.23. The Morgan fingerprint density at radius 3 is 2.00 bits per heavy atom. The average Bonchev–Trinajstić information content (AvgIpc) is 2.47. The van der Waals surface area contributed by atoms with Gasteiger partial charge in [0, 0.05) is 13.1 Å². The number of hydrogen-bond acceptors (Lipinski definition) is 3. The molecule has 2 rings (SSSR count). The molecule has 0 aliphatic heterocycles. The Bertz CT molecular complexity index is 705. The zero-order valence-electron chi connectivity index (χ0n) is 12.4. The number of benzene rings is 2. The highest BCUT2D eigenvalue weighted by molar-refractivity contribution is 7.92. The zero-order valence-corrected chi connectivity index (χ0v) is 13.3. The van der Waals surface area contributed by atoms with Crippen LogP contribution >= 0.6 is 0 Å². The van der Waals surface area contributed by atoms with Crippen molar-refractivity contribution < 1.29 is 8.42 Å². The van der Waals surface area contributed by atoms with Gasteiger partial charge in [0.05, 0.1) is 10.6 Å². The quantitative estimate of drug-likeness (QED) is 0.944. The number of sulfonamides is 1. The third-order valence-corrected chi connectivity index (χ3v) is 5.26. The molecule has 4 nitrogen and oxygen atoms in total. The van der Waals surface area contributed by atoms with E-state index in [0.29, 0.717) is 5.69 Å². The minimum Gasteiger partial charge on any atom is -0.324 e. The van der Waals surface area contributed by atoms with Crippen molar-refractivity contribution in [1.82, 2.24) is 0 Å². The topological polar surface area (TPSA) is 63.4 Å². The van der Waals surface area contributed by atoms with Crippen LogP contribution in [-0.2, 0) is 10.0 Å². The maximum atomic E-state index is 12.6. The Hall–Kier alpha value is -1.85. The van der Waals surface area contributed by atoms with Crippen LogP contribution in [0.3, 0.4) is 0 Å². The van der Waals surface area contributed by atoms with Crippen molar-refractivity contribution in [2.75, 3.05) is 11.4 Å². The first-order valence-electron chi connectivity index (χ1n) is 6.73. The molecule has 0 spiro atoms. The van der Waals surface area contributed by atoms with Gasteiger partial charge in [0.2, 0.25) is 0 Å². The van der Waals surface area contributed by atoms with Crippen LogP contribution in [-0.4, -0.2) is 15.5 Å². The lowest BCUT2D eigenvalue weighted by atomic mass is 10.1. The first-order valence-corrected chi connectivity index (χ1v) is 8.17. The van der Waals surface area contributed by atoms with Crippen LogP contribution < -0.4 is 10.0 Å². The van der Waals surface area contributed by atoms with Gasteiger partial charge in [-0.1, -0.05) is 29.8 Å². The molecule has 5 heteroatoms. The maximum absolute atomic E-state index is 12.6. The van der Waals surface area contributed by atoms with Crippen molar-refractivity contribution in [2.24, 2.45) is 5.73 Å². The largest absolute Gasteiger partial charge is 0.324 e. The van der Waals surface area contributed by atoms with Gasteiger partial charge in [-0.25, -0.2) is 8.42 Å². The Balaban J connectivity index is 2.34. The third kappa shape index (κ3) is 3.25. The third-order valence-electron chi connectivity index (χ3n) is 3.46. The lowest BCUT2D eigenvalue weighted by Crippen LogP contribution is -2.26. The van der Waals surface area contributed by atoms with E-state index < -0.39 is 10.0 Å². The molecule has 0 heterocycles. The Labute approximate surface area is 126 Å². The molecular weight excluding hydrogens is 284 g/mol. The second kappa shape index (κ2) is 5.87. The first kappa shape index (κ1) is 15.5. The monoisotopic (exact) mass is 304 g/mol. The van der Waals surface area contributed by atoms with Crippen molar-refractivity contribution in [3.8, 4) is 0 Å². The molecule has 2 aromatic rings. The van der Waals surface area contributed by atoms with E-state index in [4.69, 9.17) is 5.73 Å². The fraction of sp³-hybridized carbons (Fsp3) is 0.250. The standard InChI is InChI=1S/C16H20N2O2S/c1-12-4-8-15(9-5-12)18(3)21(19,20)16-10-6-14(7-11-16)13(2)17/h4-11,13H,17H2,1-3H3. The minimum atomic E-state index is -3.55. The Morgan fingerprint density at radius 1 is 1.00 bits per heavy atom. The number of rotatable bonds is 4. The summed E-state index contributed by atoms with van der Waals surface area (Å²) in [7, 11) is -2.00. The molecule has 1 atom stereocenters. The van der Waals surface area contributed by atoms with E-state index in [1.807, 2.05) is 26.0 Å². The first-order chi connectivity index (χ1) is 9.82. The van der Waals surface area contributed by atoms with Crippen molar-refractivity contribution in [3.05, 3.63) is 59.7 Å². The molecule has 2 N–H and O–H groups in total. The van der Waals surface area contributed by atoms with Crippen molar-refractivity contribution in [1.29, 1.82) is 0 Å². The van der Waals surface area contributed by atoms with E-state index >= 15 is 0 Å². The summed E-state index contributed by atoms with van der Waals surface area (Å²) in [6.45, 7) is 3.83. The predicted octanol–water partition coefficient (Wildman–Crippen LogP) is 2.84. The van der Waals surface area contributed by atoms with Gasteiger partial charge in [-0.3, -0.25) is 4.31 Å². The predicted molar refractivity (Wildman–Crippen MR) is 85.8 cm³/mol. The molecule has 0 aliphatic rings. The van der Waals surface area contributed by atoms with E-state index in [0.717, 1.165) is 11.1 Å². The molecular formula is C16H20N2O2S. The van der Waals surface area contributed by atoms with Crippen molar-refractivity contribution in [2.45, 2.75) is 24.8 Å².